The Balaban J connectivity index is 4.23. The van der Waals surface area contributed by atoms with E-state index in [0.717, 1.165) is 0 Å². The van der Waals surface area contributed by atoms with Gasteiger partial charge < -0.3 is 5.32 Å². The predicted molar refractivity (Wildman–Crippen MR) is 56.4 cm³/mol. The lowest BCUT2D eigenvalue weighted by atomic mass is 10.2. The molecule has 1 amide bonds. The number of halogens is 1. The summed E-state index contributed by atoms with van der Waals surface area (Å²) < 4.78 is 12.7. The first-order valence-corrected chi connectivity index (χ1v) is 4.53. The number of allylic oxidation sites excluding steroid dienone is 3. The number of hydrogen-bond donors (Lipinski definition) is 1. The number of hydrogen-bond acceptors (Lipinski definition) is 1. The second kappa shape index (κ2) is 7.06. The monoisotopic (exact) mass is 197 g/mol. The van der Waals surface area contributed by atoms with Crippen LogP contribution in [-0.2, 0) is 4.79 Å². The molecule has 0 aromatic rings. The molecule has 0 aliphatic rings. The summed E-state index contributed by atoms with van der Waals surface area (Å²) in [6.07, 6.45) is 4.71. The average Bonchev–Trinajstić information content (AvgIpc) is 2.21. The molecule has 0 aromatic heterocycles. The molecule has 0 unspecified atom stereocenters. The van der Waals surface area contributed by atoms with Gasteiger partial charge in [0.2, 0.25) is 5.91 Å². The van der Waals surface area contributed by atoms with Gasteiger partial charge in [0, 0.05) is 12.1 Å². The largest absolute Gasteiger partial charge is 0.349 e. The van der Waals surface area contributed by atoms with Crippen LogP contribution in [0.4, 0.5) is 4.39 Å². The highest BCUT2D eigenvalue weighted by molar-refractivity contribution is 5.93. The summed E-state index contributed by atoms with van der Waals surface area (Å²) in [6.45, 7) is 7.25. The maximum absolute atomic E-state index is 12.7. The van der Waals surface area contributed by atoms with Crippen molar-refractivity contribution in [3.05, 3.63) is 36.2 Å². The second-order valence-corrected chi connectivity index (χ2v) is 2.82. The van der Waals surface area contributed by atoms with Crippen LogP contribution in [0.15, 0.2) is 36.2 Å². The second-order valence-electron chi connectivity index (χ2n) is 2.82. The van der Waals surface area contributed by atoms with Crippen molar-refractivity contribution in [3.63, 3.8) is 0 Å². The molecule has 0 aliphatic carbocycles. The van der Waals surface area contributed by atoms with Crippen molar-refractivity contribution >= 4 is 5.91 Å². The zero-order valence-corrected chi connectivity index (χ0v) is 8.64. The van der Waals surface area contributed by atoms with Crippen LogP contribution in [0.2, 0.25) is 0 Å². The third-order valence-electron chi connectivity index (χ3n) is 1.62. The molecule has 0 saturated heterocycles. The topological polar surface area (TPSA) is 29.1 Å². The number of carbonyl (C=O) groups excluding carboxylic acids is 1. The van der Waals surface area contributed by atoms with Gasteiger partial charge in [-0.25, -0.2) is 4.39 Å². The fourth-order valence-corrected chi connectivity index (χ4v) is 0.713. The molecule has 2 nitrogen and oxygen atoms in total. The molecule has 0 bridgehead atoms. The van der Waals surface area contributed by atoms with Gasteiger partial charge in [0.05, 0.1) is 5.83 Å². The van der Waals surface area contributed by atoms with E-state index >= 15 is 0 Å². The Kier molecular flexibility index (Phi) is 6.37. The number of amides is 1. The van der Waals surface area contributed by atoms with Gasteiger partial charge in [-0.1, -0.05) is 19.1 Å². The summed E-state index contributed by atoms with van der Waals surface area (Å²) in [5.41, 5.74) is 0.482. The van der Waals surface area contributed by atoms with Crippen molar-refractivity contribution in [2.45, 2.75) is 20.3 Å². The molecule has 78 valence electrons. The highest BCUT2D eigenvalue weighted by atomic mass is 19.1. The Bertz CT molecular complexity index is 266. The Morgan fingerprint density at radius 3 is 2.64 bits per heavy atom. The van der Waals surface area contributed by atoms with Gasteiger partial charge in [-0.3, -0.25) is 4.79 Å². The summed E-state index contributed by atoms with van der Waals surface area (Å²) in [6, 6.07) is 0. The van der Waals surface area contributed by atoms with E-state index in [2.05, 4.69) is 11.9 Å². The van der Waals surface area contributed by atoms with E-state index in [1.807, 2.05) is 0 Å². The van der Waals surface area contributed by atoms with Gasteiger partial charge in [-0.15, -0.1) is 6.58 Å². The van der Waals surface area contributed by atoms with Crippen LogP contribution in [0.25, 0.3) is 0 Å². The maximum Gasteiger partial charge on any atom is 0.247 e. The van der Waals surface area contributed by atoms with E-state index in [9.17, 15) is 9.18 Å². The van der Waals surface area contributed by atoms with Crippen LogP contribution in [0.3, 0.4) is 0 Å². The van der Waals surface area contributed by atoms with E-state index < -0.39 is 0 Å². The predicted octanol–water partition coefficient (Wildman–Crippen LogP) is 2.50. The Morgan fingerprint density at radius 2 is 2.14 bits per heavy atom. The van der Waals surface area contributed by atoms with Gasteiger partial charge in [0.25, 0.3) is 0 Å². The highest BCUT2D eigenvalue weighted by Gasteiger charge is 2.00. The summed E-state index contributed by atoms with van der Waals surface area (Å²) in [4.78, 5) is 11.2. The van der Waals surface area contributed by atoms with Gasteiger partial charge >= 0.3 is 0 Å². The van der Waals surface area contributed by atoms with Crippen LogP contribution in [0.5, 0.6) is 0 Å². The minimum Gasteiger partial charge on any atom is -0.349 e. The van der Waals surface area contributed by atoms with Gasteiger partial charge in [-0.05, 0) is 19.4 Å². The molecule has 0 atom stereocenters. The summed E-state index contributed by atoms with van der Waals surface area (Å²) in [5.74, 6) is -0.439. The fourth-order valence-electron chi connectivity index (χ4n) is 0.713. The van der Waals surface area contributed by atoms with Gasteiger partial charge in [0.1, 0.15) is 0 Å². The molecular weight excluding hydrogens is 181 g/mol. The van der Waals surface area contributed by atoms with E-state index in [-0.39, 0.29) is 11.7 Å². The molecule has 1 N–H and O–H groups in total. The average molecular weight is 197 g/mol. The highest BCUT2D eigenvalue weighted by Crippen LogP contribution is 2.03. The number of rotatable bonds is 5. The zero-order valence-electron chi connectivity index (χ0n) is 8.64. The van der Waals surface area contributed by atoms with Crippen molar-refractivity contribution in [1.29, 1.82) is 0 Å². The van der Waals surface area contributed by atoms with Crippen LogP contribution in [0.1, 0.15) is 20.3 Å². The number of carbonyl (C=O) groups is 1. The molecule has 0 spiro atoms. The summed E-state index contributed by atoms with van der Waals surface area (Å²) in [5, 5.41) is 2.60. The summed E-state index contributed by atoms with van der Waals surface area (Å²) >= 11 is 0. The van der Waals surface area contributed by atoms with Crippen molar-refractivity contribution in [1.82, 2.24) is 5.32 Å². The van der Waals surface area contributed by atoms with Crippen LogP contribution in [0, 0.1) is 0 Å². The van der Waals surface area contributed by atoms with Crippen molar-refractivity contribution in [3.8, 4) is 0 Å². The van der Waals surface area contributed by atoms with E-state index in [1.54, 1.807) is 19.9 Å². The third-order valence-corrected chi connectivity index (χ3v) is 1.62. The molecule has 0 radical (unpaired) electrons. The SMILES string of the molecule is C=CCNC(=O)/C(C)=C/C=C(/F)CC. The first kappa shape index (κ1) is 12.6. The Morgan fingerprint density at radius 1 is 1.50 bits per heavy atom. The van der Waals surface area contributed by atoms with Crippen LogP contribution in [-0.4, -0.2) is 12.5 Å². The number of nitrogens with one attached hydrogen (secondary N) is 1. The quantitative estimate of drug-likeness (QED) is 0.409. The lowest BCUT2D eigenvalue weighted by Crippen LogP contribution is -2.23. The Labute approximate surface area is 84.2 Å². The molecule has 0 fully saturated rings. The Hall–Kier alpha value is -1.38. The normalized spacial score (nSPS) is 12.5. The molecule has 0 aromatic carbocycles. The molecule has 3 heteroatoms. The maximum atomic E-state index is 12.7. The minimum absolute atomic E-state index is 0.204. The van der Waals surface area contributed by atoms with E-state index in [4.69, 9.17) is 0 Å². The van der Waals surface area contributed by atoms with Crippen LogP contribution < -0.4 is 5.32 Å². The standard InChI is InChI=1S/C11H16FNO/c1-4-8-13-11(14)9(3)6-7-10(12)5-2/h4,6-7H,1,5,8H2,2-3H3,(H,13,14)/b9-6+,10-7+. The molecule has 0 rings (SSSR count). The van der Waals surface area contributed by atoms with E-state index in [0.29, 0.717) is 18.5 Å². The lowest BCUT2D eigenvalue weighted by Gasteiger charge is -2.00. The molecular formula is C11H16FNO. The lowest BCUT2D eigenvalue weighted by molar-refractivity contribution is -0.117. The zero-order chi connectivity index (χ0) is 11.0. The fraction of sp³-hybridized carbons (Fsp3) is 0.364. The first-order valence-electron chi connectivity index (χ1n) is 4.53. The first-order chi connectivity index (χ1) is 6.61. The molecule has 14 heavy (non-hydrogen) atoms. The molecule has 0 heterocycles. The van der Waals surface area contributed by atoms with Crippen molar-refractivity contribution < 1.29 is 9.18 Å². The summed E-state index contributed by atoms with van der Waals surface area (Å²) in [7, 11) is 0. The van der Waals surface area contributed by atoms with Crippen molar-refractivity contribution in [2.24, 2.45) is 0 Å². The molecule has 0 aliphatic heterocycles. The molecule has 0 saturated carbocycles. The smallest absolute Gasteiger partial charge is 0.247 e. The van der Waals surface area contributed by atoms with Gasteiger partial charge in [0.15, 0.2) is 0 Å². The minimum atomic E-state index is -0.235. The van der Waals surface area contributed by atoms with Gasteiger partial charge in [-0.2, -0.15) is 0 Å². The third kappa shape index (κ3) is 5.30. The van der Waals surface area contributed by atoms with E-state index in [1.165, 1.54) is 12.2 Å². The van der Waals surface area contributed by atoms with Crippen LogP contribution >= 0.6 is 0 Å². The van der Waals surface area contributed by atoms with Crippen molar-refractivity contribution in [2.75, 3.05) is 6.54 Å².